The van der Waals surface area contributed by atoms with Crippen LogP contribution in [0.15, 0.2) is 77.6 Å². The summed E-state index contributed by atoms with van der Waals surface area (Å²) in [6, 6.07) is 22.7. The van der Waals surface area contributed by atoms with Crippen LogP contribution in [0, 0.1) is 0 Å². The Bertz CT molecular complexity index is 1410. The number of aromatic amines is 1. The molecule has 1 unspecified atom stereocenters. The Kier molecular flexibility index (Phi) is 6.62. The van der Waals surface area contributed by atoms with E-state index >= 15 is 0 Å². The van der Waals surface area contributed by atoms with Crippen molar-refractivity contribution in [3.8, 4) is 11.5 Å². The molecule has 1 atom stereocenters. The van der Waals surface area contributed by atoms with Crippen LogP contribution in [0.25, 0.3) is 10.9 Å². The van der Waals surface area contributed by atoms with Crippen molar-refractivity contribution in [1.29, 1.82) is 0 Å². The van der Waals surface area contributed by atoms with Gasteiger partial charge in [0.15, 0.2) is 5.75 Å². The Hall–Kier alpha value is -3.93. The minimum atomic E-state index is -0.658. The average molecular weight is 468 g/mol. The lowest BCUT2D eigenvalue weighted by molar-refractivity contribution is -0.117. The Morgan fingerprint density at radius 1 is 0.943 bits per heavy atom. The minimum absolute atomic E-state index is 0.256. The number of amides is 1. The van der Waals surface area contributed by atoms with Gasteiger partial charge in [-0.2, -0.15) is 0 Å². The van der Waals surface area contributed by atoms with Crippen molar-refractivity contribution in [1.82, 2.24) is 9.97 Å². The second kappa shape index (κ2) is 10.1. The summed E-state index contributed by atoms with van der Waals surface area (Å²) in [4.78, 5) is 32.9. The third kappa shape index (κ3) is 4.97. The van der Waals surface area contributed by atoms with E-state index < -0.39 is 5.92 Å². The molecule has 0 aliphatic heterocycles. The number of carbonyl (C=O) groups is 1. The van der Waals surface area contributed by atoms with Crippen molar-refractivity contribution in [3.63, 3.8) is 0 Å². The third-order valence-electron chi connectivity index (χ3n) is 6.76. The Labute approximate surface area is 204 Å². The maximum absolute atomic E-state index is 13.2. The predicted molar refractivity (Wildman–Crippen MR) is 138 cm³/mol. The molecule has 1 heterocycles. The molecule has 1 saturated carbocycles. The quantitative estimate of drug-likeness (QED) is 0.339. The first-order valence-electron chi connectivity index (χ1n) is 12.3. The van der Waals surface area contributed by atoms with Crippen molar-refractivity contribution >= 4 is 22.5 Å². The summed E-state index contributed by atoms with van der Waals surface area (Å²) in [6.45, 7) is 1.73. The fourth-order valence-corrected chi connectivity index (χ4v) is 4.78. The zero-order valence-electron chi connectivity index (χ0n) is 19.8. The number of anilines is 1. The first-order valence-corrected chi connectivity index (χ1v) is 12.3. The maximum Gasteiger partial charge on any atom is 0.258 e. The zero-order chi connectivity index (χ0) is 24.2. The fraction of sp³-hybridized carbons (Fsp3) is 0.276. The highest BCUT2D eigenvalue weighted by Gasteiger charge is 2.22. The van der Waals surface area contributed by atoms with Crippen LogP contribution in [-0.4, -0.2) is 15.9 Å². The SMILES string of the molecule is CC(C(=O)Nc1ccccc1Oc1ccccc1C1CCCCC1)c1nc2ccccc2c(=O)[nH]1. The lowest BCUT2D eigenvalue weighted by Gasteiger charge is -2.24. The van der Waals surface area contributed by atoms with Crippen molar-refractivity contribution in [2.45, 2.75) is 50.9 Å². The van der Waals surface area contributed by atoms with Gasteiger partial charge < -0.3 is 15.0 Å². The molecule has 0 spiro atoms. The molecule has 1 aliphatic carbocycles. The van der Waals surface area contributed by atoms with Crippen LogP contribution in [0.3, 0.4) is 0 Å². The first kappa shape index (κ1) is 22.8. The maximum atomic E-state index is 13.2. The Balaban J connectivity index is 1.38. The summed E-state index contributed by atoms with van der Waals surface area (Å²) < 4.78 is 6.37. The highest BCUT2D eigenvalue weighted by Crippen LogP contribution is 2.40. The molecule has 0 saturated heterocycles. The van der Waals surface area contributed by atoms with Crippen molar-refractivity contribution < 1.29 is 9.53 Å². The van der Waals surface area contributed by atoms with E-state index in [4.69, 9.17) is 4.74 Å². The normalized spacial score (nSPS) is 15.0. The van der Waals surface area contributed by atoms with Crippen LogP contribution >= 0.6 is 0 Å². The number of hydrogen-bond acceptors (Lipinski definition) is 4. The molecule has 1 amide bonds. The molecule has 6 heteroatoms. The molecule has 1 aliphatic rings. The van der Waals surface area contributed by atoms with Gasteiger partial charge >= 0.3 is 0 Å². The fourth-order valence-electron chi connectivity index (χ4n) is 4.78. The van der Waals surface area contributed by atoms with Gasteiger partial charge in [-0.3, -0.25) is 9.59 Å². The van der Waals surface area contributed by atoms with E-state index in [1.807, 2.05) is 42.5 Å². The van der Waals surface area contributed by atoms with Gasteiger partial charge in [0, 0.05) is 0 Å². The molecular weight excluding hydrogens is 438 g/mol. The summed E-state index contributed by atoms with van der Waals surface area (Å²) in [5, 5.41) is 3.47. The van der Waals surface area contributed by atoms with Gasteiger partial charge in [-0.1, -0.05) is 61.7 Å². The summed E-state index contributed by atoms with van der Waals surface area (Å²) in [5.41, 5.74) is 2.10. The van der Waals surface area contributed by atoms with Gasteiger partial charge in [-0.05, 0) is 61.6 Å². The number of H-pyrrole nitrogens is 1. The summed E-state index contributed by atoms with van der Waals surface area (Å²) in [5.74, 6) is 1.30. The van der Waals surface area contributed by atoms with Crippen LogP contribution in [0.5, 0.6) is 11.5 Å². The smallest absolute Gasteiger partial charge is 0.258 e. The first-order chi connectivity index (χ1) is 17.1. The molecule has 0 radical (unpaired) electrons. The standard InChI is InChI=1S/C29H29N3O3/c1-19(27-30-23-15-7-5-14-22(23)29(34)32-27)28(33)31-24-16-8-10-18-26(24)35-25-17-9-6-13-21(25)20-11-3-2-4-12-20/h5-10,13-20H,2-4,11-12H2,1H3,(H,31,33)(H,30,32,34). The molecule has 35 heavy (non-hydrogen) atoms. The molecule has 5 rings (SSSR count). The van der Waals surface area contributed by atoms with E-state index in [2.05, 4.69) is 27.4 Å². The van der Waals surface area contributed by atoms with Crippen LogP contribution in [0.4, 0.5) is 5.69 Å². The van der Waals surface area contributed by atoms with Crippen molar-refractivity contribution in [2.24, 2.45) is 0 Å². The molecule has 3 aromatic carbocycles. The summed E-state index contributed by atoms with van der Waals surface area (Å²) in [7, 11) is 0. The van der Waals surface area contributed by atoms with Crippen molar-refractivity contribution in [3.05, 3.63) is 94.5 Å². The molecule has 6 nitrogen and oxygen atoms in total. The Morgan fingerprint density at radius 2 is 1.63 bits per heavy atom. The van der Waals surface area contributed by atoms with E-state index in [9.17, 15) is 9.59 Å². The van der Waals surface area contributed by atoms with Crippen LogP contribution in [0.2, 0.25) is 0 Å². The number of aromatic nitrogens is 2. The Morgan fingerprint density at radius 3 is 2.46 bits per heavy atom. The number of benzene rings is 3. The number of fused-ring (bicyclic) bond motifs is 1. The number of hydrogen-bond donors (Lipinski definition) is 2. The second-order valence-electron chi connectivity index (χ2n) is 9.15. The highest BCUT2D eigenvalue weighted by molar-refractivity contribution is 5.96. The third-order valence-corrected chi connectivity index (χ3v) is 6.76. The van der Waals surface area contributed by atoms with E-state index in [0.717, 1.165) is 5.75 Å². The molecule has 0 bridgehead atoms. The monoisotopic (exact) mass is 467 g/mol. The minimum Gasteiger partial charge on any atom is -0.455 e. The number of para-hydroxylation sites is 4. The number of carbonyl (C=O) groups excluding carboxylic acids is 1. The summed E-state index contributed by atoms with van der Waals surface area (Å²) in [6.07, 6.45) is 6.13. The molecular formula is C29H29N3O3. The van der Waals surface area contributed by atoms with Gasteiger partial charge in [-0.25, -0.2) is 4.98 Å². The van der Waals surface area contributed by atoms with Gasteiger partial charge in [-0.15, -0.1) is 0 Å². The largest absolute Gasteiger partial charge is 0.455 e. The number of rotatable bonds is 6. The molecule has 1 aromatic heterocycles. The predicted octanol–water partition coefficient (Wildman–Crippen LogP) is 6.51. The lowest BCUT2D eigenvalue weighted by atomic mass is 9.84. The second-order valence-corrected chi connectivity index (χ2v) is 9.15. The van der Waals surface area contributed by atoms with E-state index in [1.165, 1.54) is 37.7 Å². The molecule has 1 fully saturated rings. The average Bonchev–Trinajstić information content (AvgIpc) is 2.90. The van der Waals surface area contributed by atoms with Gasteiger partial charge in [0.2, 0.25) is 5.91 Å². The van der Waals surface area contributed by atoms with E-state index in [1.54, 1.807) is 25.1 Å². The van der Waals surface area contributed by atoms with E-state index in [-0.39, 0.29) is 11.5 Å². The number of nitrogens with zero attached hydrogens (tertiary/aromatic N) is 1. The van der Waals surface area contributed by atoms with Gasteiger partial charge in [0.1, 0.15) is 11.6 Å². The van der Waals surface area contributed by atoms with Crippen LogP contribution in [0.1, 0.15) is 62.3 Å². The van der Waals surface area contributed by atoms with E-state index in [0.29, 0.717) is 34.1 Å². The number of nitrogens with one attached hydrogen (secondary N) is 2. The lowest BCUT2D eigenvalue weighted by Crippen LogP contribution is -2.23. The van der Waals surface area contributed by atoms with Crippen molar-refractivity contribution in [2.75, 3.05) is 5.32 Å². The molecule has 2 N–H and O–H groups in total. The number of ether oxygens (including phenoxy) is 1. The molecule has 178 valence electrons. The zero-order valence-corrected chi connectivity index (χ0v) is 19.8. The van der Waals surface area contributed by atoms with Gasteiger partial charge in [0.05, 0.1) is 22.5 Å². The topological polar surface area (TPSA) is 84.1 Å². The van der Waals surface area contributed by atoms with Crippen LogP contribution < -0.4 is 15.6 Å². The van der Waals surface area contributed by atoms with Gasteiger partial charge in [0.25, 0.3) is 5.56 Å². The van der Waals surface area contributed by atoms with Crippen LogP contribution in [-0.2, 0) is 4.79 Å². The summed E-state index contributed by atoms with van der Waals surface area (Å²) >= 11 is 0. The highest BCUT2D eigenvalue weighted by atomic mass is 16.5. The molecule has 4 aromatic rings.